The summed E-state index contributed by atoms with van der Waals surface area (Å²) in [5, 5.41) is 4.71. The van der Waals surface area contributed by atoms with E-state index in [1.165, 1.54) is 11.8 Å². The summed E-state index contributed by atoms with van der Waals surface area (Å²) < 4.78 is 5.75. The summed E-state index contributed by atoms with van der Waals surface area (Å²) in [6.45, 7) is 0.525. The molecule has 4 nitrogen and oxygen atoms in total. The lowest BCUT2D eigenvalue weighted by molar-refractivity contribution is -0.118. The molecule has 148 valence electrons. The Hall–Kier alpha value is -2.76. The van der Waals surface area contributed by atoms with E-state index in [4.69, 9.17) is 16.3 Å². The van der Waals surface area contributed by atoms with Gasteiger partial charge < -0.3 is 4.74 Å². The van der Waals surface area contributed by atoms with E-state index in [2.05, 4.69) is 10.5 Å². The van der Waals surface area contributed by atoms with Crippen molar-refractivity contribution < 1.29 is 9.53 Å². The number of amides is 1. The zero-order valence-corrected chi connectivity index (χ0v) is 17.3. The minimum atomic E-state index is -0.143. The number of hydrogen-bond donors (Lipinski definition) is 1. The Bertz CT molecular complexity index is 947. The molecule has 0 fully saturated rings. The highest BCUT2D eigenvalue weighted by atomic mass is 35.5. The van der Waals surface area contributed by atoms with Gasteiger partial charge in [-0.05, 0) is 53.1 Å². The summed E-state index contributed by atoms with van der Waals surface area (Å²) >= 11 is 7.47. The smallest absolute Gasteiger partial charge is 0.250 e. The molecule has 3 aromatic rings. The molecular weight excluding hydrogens is 404 g/mol. The van der Waals surface area contributed by atoms with Crippen LogP contribution in [0.5, 0.6) is 5.75 Å². The highest BCUT2D eigenvalue weighted by molar-refractivity contribution is 7.99. The second-order valence-corrected chi connectivity index (χ2v) is 7.68. The maximum absolute atomic E-state index is 11.9. The first-order chi connectivity index (χ1) is 14.2. The standard InChI is InChI=1S/C23H21ClN2O2S/c24-21-8-4-7-20(13-21)16-29-17-23(27)26-25-14-18-9-11-22(12-10-18)28-15-19-5-2-1-3-6-19/h1-14H,15-17H2,(H,26,27)/b25-14-. The van der Waals surface area contributed by atoms with E-state index in [1.54, 1.807) is 6.21 Å². The van der Waals surface area contributed by atoms with Gasteiger partial charge in [-0.2, -0.15) is 5.10 Å². The molecule has 6 heteroatoms. The lowest BCUT2D eigenvalue weighted by Crippen LogP contribution is -2.19. The Labute approximate surface area is 179 Å². The summed E-state index contributed by atoms with van der Waals surface area (Å²) in [5.41, 5.74) is 5.63. The van der Waals surface area contributed by atoms with Crippen LogP contribution in [0.15, 0.2) is 84.0 Å². The summed E-state index contributed by atoms with van der Waals surface area (Å²) in [6.07, 6.45) is 1.61. The third-order valence-electron chi connectivity index (χ3n) is 3.92. The SMILES string of the molecule is O=C(CSCc1cccc(Cl)c1)N/N=C\c1ccc(OCc2ccccc2)cc1. The molecule has 0 bridgehead atoms. The van der Waals surface area contributed by atoms with Gasteiger partial charge >= 0.3 is 0 Å². The van der Waals surface area contributed by atoms with E-state index in [9.17, 15) is 4.79 Å². The first kappa shape index (κ1) is 21.0. The number of carbonyl (C=O) groups is 1. The van der Waals surface area contributed by atoms with Crippen molar-refractivity contribution >= 4 is 35.5 Å². The van der Waals surface area contributed by atoms with Crippen LogP contribution in [-0.4, -0.2) is 17.9 Å². The zero-order chi connectivity index (χ0) is 20.3. The fourth-order valence-corrected chi connectivity index (χ4v) is 3.47. The first-order valence-electron chi connectivity index (χ1n) is 9.10. The van der Waals surface area contributed by atoms with Gasteiger partial charge in [0.1, 0.15) is 12.4 Å². The number of nitrogens with zero attached hydrogens (tertiary/aromatic N) is 1. The molecule has 0 aliphatic carbocycles. The zero-order valence-electron chi connectivity index (χ0n) is 15.8. The number of halogens is 1. The number of nitrogens with one attached hydrogen (secondary N) is 1. The van der Waals surface area contributed by atoms with Crippen molar-refractivity contribution in [2.75, 3.05) is 5.75 Å². The molecule has 0 aromatic heterocycles. The second kappa shape index (κ2) is 11.3. The number of carbonyl (C=O) groups excluding carboxylic acids is 1. The molecule has 3 rings (SSSR count). The van der Waals surface area contributed by atoms with Crippen LogP contribution >= 0.6 is 23.4 Å². The number of hydrazone groups is 1. The predicted molar refractivity (Wildman–Crippen MR) is 121 cm³/mol. The monoisotopic (exact) mass is 424 g/mol. The van der Waals surface area contributed by atoms with Crippen molar-refractivity contribution in [3.05, 3.63) is 101 Å². The van der Waals surface area contributed by atoms with Gasteiger partial charge in [-0.3, -0.25) is 4.79 Å². The fourth-order valence-electron chi connectivity index (χ4n) is 2.49. The predicted octanol–water partition coefficient (Wildman–Crippen LogP) is 5.30. The lowest BCUT2D eigenvalue weighted by atomic mass is 10.2. The van der Waals surface area contributed by atoms with Gasteiger partial charge in [0.25, 0.3) is 0 Å². The molecule has 29 heavy (non-hydrogen) atoms. The quantitative estimate of drug-likeness (QED) is 0.374. The molecule has 0 radical (unpaired) electrons. The number of hydrogen-bond acceptors (Lipinski definition) is 4. The van der Waals surface area contributed by atoms with Crippen molar-refractivity contribution in [3.63, 3.8) is 0 Å². The maximum atomic E-state index is 11.9. The van der Waals surface area contributed by atoms with E-state index >= 15 is 0 Å². The van der Waals surface area contributed by atoms with Crippen molar-refractivity contribution in [3.8, 4) is 5.75 Å². The topological polar surface area (TPSA) is 50.7 Å². The summed E-state index contributed by atoms with van der Waals surface area (Å²) in [7, 11) is 0. The maximum Gasteiger partial charge on any atom is 0.250 e. The highest BCUT2D eigenvalue weighted by Crippen LogP contribution is 2.16. The molecule has 1 N–H and O–H groups in total. The van der Waals surface area contributed by atoms with Gasteiger partial charge in [-0.25, -0.2) is 5.43 Å². The molecular formula is C23H21ClN2O2S. The first-order valence-corrected chi connectivity index (χ1v) is 10.6. The summed E-state index contributed by atoms with van der Waals surface area (Å²) in [5.74, 6) is 1.70. The van der Waals surface area contributed by atoms with Crippen LogP contribution in [0, 0.1) is 0 Å². The second-order valence-electron chi connectivity index (χ2n) is 6.26. The van der Waals surface area contributed by atoms with Crippen LogP contribution in [0.3, 0.4) is 0 Å². The minimum Gasteiger partial charge on any atom is -0.489 e. The molecule has 0 aliphatic heterocycles. The van der Waals surface area contributed by atoms with Gasteiger partial charge in [0.15, 0.2) is 0 Å². The number of rotatable bonds is 9. The number of thioether (sulfide) groups is 1. The third-order valence-corrected chi connectivity index (χ3v) is 5.16. The van der Waals surface area contributed by atoms with Gasteiger partial charge in [-0.15, -0.1) is 11.8 Å². The summed E-state index contributed by atoms with van der Waals surface area (Å²) in [6, 6.07) is 25.2. The molecule has 3 aromatic carbocycles. The van der Waals surface area contributed by atoms with E-state index in [0.717, 1.165) is 28.2 Å². The Balaban J connectivity index is 1.37. The van der Waals surface area contributed by atoms with Crippen molar-refractivity contribution in [2.45, 2.75) is 12.4 Å². The van der Waals surface area contributed by atoms with Crippen molar-refractivity contribution in [1.29, 1.82) is 0 Å². The molecule has 0 heterocycles. The Morgan fingerprint density at radius 2 is 1.76 bits per heavy atom. The van der Waals surface area contributed by atoms with Crippen LogP contribution in [-0.2, 0) is 17.2 Å². The van der Waals surface area contributed by atoms with Crippen molar-refractivity contribution in [1.82, 2.24) is 5.43 Å². The van der Waals surface area contributed by atoms with E-state index in [-0.39, 0.29) is 5.91 Å². The normalized spacial score (nSPS) is 10.8. The average Bonchev–Trinajstić information content (AvgIpc) is 2.74. The lowest BCUT2D eigenvalue weighted by Gasteiger charge is -2.06. The minimum absolute atomic E-state index is 0.143. The molecule has 0 spiro atoms. The van der Waals surface area contributed by atoms with Crippen LogP contribution in [0.4, 0.5) is 0 Å². The van der Waals surface area contributed by atoms with E-state index in [0.29, 0.717) is 17.4 Å². The van der Waals surface area contributed by atoms with E-state index in [1.807, 2.05) is 78.9 Å². The Morgan fingerprint density at radius 3 is 2.52 bits per heavy atom. The van der Waals surface area contributed by atoms with Crippen LogP contribution in [0.25, 0.3) is 0 Å². The molecule has 0 atom stereocenters. The largest absolute Gasteiger partial charge is 0.489 e. The van der Waals surface area contributed by atoms with E-state index < -0.39 is 0 Å². The Kier molecular flexibility index (Phi) is 8.16. The average molecular weight is 425 g/mol. The van der Waals surface area contributed by atoms with Crippen LogP contribution in [0.2, 0.25) is 5.02 Å². The molecule has 0 aliphatic rings. The van der Waals surface area contributed by atoms with Crippen LogP contribution < -0.4 is 10.2 Å². The Morgan fingerprint density at radius 1 is 1.00 bits per heavy atom. The third kappa shape index (κ3) is 7.64. The number of benzene rings is 3. The van der Waals surface area contributed by atoms with Crippen molar-refractivity contribution in [2.24, 2.45) is 5.10 Å². The highest BCUT2D eigenvalue weighted by Gasteiger charge is 2.01. The van der Waals surface area contributed by atoms with Gasteiger partial charge in [0.2, 0.25) is 5.91 Å². The fraction of sp³-hybridized carbons (Fsp3) is 0.130. The molecule has 0 saturated heterocycles. The van der Waals surface area contributed by atoms with Gasteiger partial charge in [-0.1, -0.05) is 54.1 Å². The van der Waals surface area contributed by atoms with Crippen LogP contribution in [0.1, 0.15) is 16.7 Å². The van der Waals surface area contributed by atoms with Gasteiger partial charge in [0.05, 0.1) is 12.0 Å². The number of ether oxygens (including phenoxy) is 1. The molecule has 0 unspecified atom stereocenters. The molecule has 0 saturated carbocycles. The van der Waals surface area contributed by atoms with Gasteiger partial charge in [0, 0.05) is 10.8 Å². The summed E-state index contributed by atoms with van der Waals surface area (Å²) in [4.78, 5) is 11.9. The molecule has 1 amide bonds.